The molecule has 0 amide bonds. The molecule has 3 N–H and O–H groups in total. The van der Waals surface area contributed by atoms with E-state index in [4.69, 9.17) is 5.73 Å². The molecule has 0 atom stereocenters. The molecule has 3 rings (SSSR count). The summed E-state index contributed by atoms with van der Waals surface area (Å²) < 4.78 is 1.72. The molecule has 0 spiro atoms. The smallest absolute Gasteiger partial charge is 0.326 e. The first-order valence-corrected chi connectivity index (χ1v) is 6.59. The highest BCUT2D eigenvalue weighted by Crippen LogP contribution is 2.18. The summed E-state index contributed by atoms with van der Waals surface area (Å²) in [5.74, 6) is 0. The number of para-hydroxylation sites is 1. The van der Waals surface area contributed by atoms with E-state index in [1.165, 1.54) is 11.1 Å². The zero-order valence-electron chi connectivity index (χ0n) is 11.6. The largest absolute Gasteiger partial charge is 0.397 e. The predicted molar refractivity (Wildman–Crippen MR) is 82.0 cm³/mol. The number of benzene rings is 2. The van der Waals surface area contributed by atoms with Crippen LogP contribution in [0.25, 0.3) is 11.0 Å². The molecule has 0 aliphatic carbocycles. The number of nitrogen functional groups attached to an aromatic ring is 1. The molecule has 0 saturated heterocycles. The van der Waals surface area contributed by atoms with E-state index in [-0.39, 0.29) is 5.69 Å². The van der Waals surface area contributed by atoms with Crippen molar-refractivity contribution in [2.75, 3.05) is 5.73 Å². The summed E-state index contributed by atoms with van der Waals surface area (Å²) in [5.41, 5.74) is 11.4. The summed E-state index contributed by atoms with van der Waals surface area (Å²) in [6.07, 6.45) is 0. The SMILES string of the molecule is Cc1cc(C)cc(Cn2c(=O)[nH]c3c(N)cccc32)c1. The first kappa shape index (κ1) is 12.5. The molecule has 4 nitrogen and oxygen atoms in total. The lowest BCUT2D eigenvalue weighted by Gasteiger charge is -2.07. The van der Waals surface area contributed by atoms with E-state index < -0.39 is 0 Å². The minimum atomic E-state index is -0.128. The van der Waals surface area contributed by atoms with Gasteiger partial charge in [-0.05, 0) is 31.5 Å². The fourth-order valence-electron chi connectivity index (χ4n) is 2.70. The van der Waals surface area contributed by atoms with Crippen LogP contribution in [-0.4, -0.2) is 9.55 Å². The van der Waals surface area contributed by atoms with Crippen LogP contribution in [0.2, 0.25) is 0 Å². The molecule has 3 aromatic rings. The van der Waals surface area contributed by atoms with Crippen molar-refractivity contribution in [3.05, 3.63) is 63.6 Å². The van der Waals surface area contributed by atoms with Gasteiger partial charge < -0.3 is 10.7 Å². The van der Waals surface area contributed by atoms with Crippen LogP contribution in [0.15, 0.2) is 41.2 Å². The van der Waals surface area contributed by atoms with Gasteiger partial charge in [-0.3, -0.25) is 4.57 Å². The van der Waals surface area contributed by atoms with Gasteiger partial charge in [-0.25, -0.2) is 4.79 Å². The molecule has 102 valence electrons. The molecule has 0 radical (unpaired) electrons. The molecule has 1 heterocycles. The average molecular weight is 267 g/mol. The van der Waals surface area contributed by atoms with E-state index in [1.807, 2.05) is 12.1 Å². The van der Waals surface area contributed by atoms with Crippen molar-refractivity contribution in [2.45, 2.75) is 20.4 Å². The Hall–Kier alpha value is -2.49. The number of nitrogens with two attached hydrogens (primary N) is 1. The third kappa shape index (κ3) is 2.09. The van der Waals surface area contributed by atoms with Crippen LogP contribution in [0, 0.1) is 13.8 Å². The zero-order chi connectivity index (χ0) is 14.3. The van der Waals surface area contributed by atoms with Crippen molar-refractivity contribution in [1.29, 1.82) is 0 Å². The van der Waals surface area contributed by atoms with Crippen molar-refractivity contribution in [1.82, 2.24) is 9.55 Å². The van der Waals surface area contributed by atoms with Crippen molar-refractivity contribution < 1.29 is 0 Å². The van der Waals surface area contributed by atoms with Gasteiger partial charge >= 0.3 is 5.69 Å². The summed E-state index contributed by atoms with van der Waals surface area (Å²) in [6.45, 7) is 4.67. The Morgan fingerprint density at radius 3 is 2.55 bits per heavy atom. The number of nitrogens with one attached hydrogen (secondary N) is 1. The second-order valence-corrected chi connectivity index (χ2v) is 5.25. The Balaban J connectivity index is 2.13. The molecule has 0 unspecified atom stereocenters. The van der Waals surface area contributed by atoms with Crippen LogP contribution in [0.1, 0.15) is 16.7 Å². The Bertz CT molecular complexity index is 822. The normalized spacial score (nSPS) is 11.1. The van der Waals surface area contributed by atoms with Crippen LogP contribution >= 0.6 is 0 Å². The van der Waals surface area contributed by atoms with E-state index in [9.17, 15) is 4.79 Å². The molecule has 0 aliphatic heterocycles. The minimum Gasteiger partial charge on any atom is -0.397 e. The first-order valence-electron chi connectivity index (χ1n) is 6.59. The second kappa shape index (κ2) is 4.56. The van der Waals surface area contributed by atoms with Crippen LogP contribution in [0.3, 0.4) is 0 Å². The lowest BCUT2D eigenvalue weighted by Crippen LogP contribution is -2.17. The fraction of sp³-hybridized carbons (Fsp3) is 0.188. The van der Waals surface area contributed by atoms with Gasteiger partial charge in [0.2, 0.25) is 0 Å². The number of hydrogen-bond donors (Lipinski definition) is 2. The lowest BCUT2D eigenvalue weighted by atomic mass is 10.1. The average Bonchev–Trinajstić information content (AvgIpc) is 2.67. The van der Waals surface area contributed by atoms with Crippen molar-refractivity contribution in [3.8, 4) is 0 Å². The highest BCUT2D eigenvalue weighted by Gasteiger charge is 2.09. The predicted octanol–water partition coefficient (Wildman–Crippen LogP) is 2.58. The van der Waals surface area contributed by atoms with Gasteiger partial charge in [0, 0.05) is 0 Å². The Kier molecular flexibility index (Phi) is 2.86. The summed E-state index contributed by atoms with van der Waals surface area (Å²) in [4.78, 5) is 14.9. The maximum absolute atomic E-state index is 12.1. The van der Waals surface area contributed by atoms with Crippen molar-refractivity contribution >= 4 is 16.7 Å². The van der Waals surface area contributed by atoms with Crippen molar-refractivity contribution in [2.24, 2.45) is 0 Å². The van der Waals surface area contributed by atoms with Gasteiger partial charge in [0.25, 0.3) is 0 Å². The fourth-order valence-corrected chi connectivity index (χ4v) is 2.70. The van der Waals surface area contributed by atoms with E-state index >= 15 is 0 Å². The van der Waals surface area contributed by atoms with Gasteiger partial charge in [-0.15, -0.1) is 0 Å². The van der Waals surface area contributed by atoms with E-state index in [0.717, 1.165) is 11.1 Å². The molecular weight excluding hydrogens is 250 g/mol. The number of hydrogen-bond acceptors (Lipinski definition) is 2. The highest BCUT2D eigenvalue weighted by atomic mass is 16.1. The summed E-state index contributed by atoms with van der Waals surface area (Å²) in [5, 5.41) is 0. The first-order chi connectivity index (χ1) is 9.54. The second-order valence-electron chi connectivity index (χ2n) is 5.25. The third-order valence-corrected chi connectivity index (χ3v) is 3.46. The minimum absolute atomic E-state index is 0.128. The number of aromatic nitrogens is 2. The van der Waals surface area contributed by atoms with E-state index in [1.54, 1.807) is 10.6 Å². The van der Waals surface area contributed by atoms with Crippen LogP contribution < -0.4 is 11.4 Å². The van der Waals surface area contributed by atoms with E-state index in [2.05, 4.69) is 37.0 Å². The van der Waals surface area contributed by atoms with Gasteiger partial charge in [0.1, 0.15) is 0 Å². The van der Waals surface area contributed by atoms with Gasteiger partial charge in [0.05, 0.1) is 23.3 Å². The number of aryl methyl sites for hydroxylation is 2. The number of nitrogens with zero attached hydrogens (tertiary/aromatic N) is 1. The highest BCUT2D eigenvalue weighted by molar-refractivity contribution is 5.87. The number of fused-ring (bicyclic) bond motifs is 1. The molecular formula is C16H17N3O. The molecule has 0 bridgehead atoms. The summed E-state index contributed by atoms with van der Waals surface area (Å²) >= 11 is 0. The topological polar surface area (TPSA) is 63.8 Å². The molecule has 0 fully saturated rings. The molecule has 4 heteroatoms. The lowest BCUT2D eigenvalue weighted by molar-refractivity contribution is 0.785. The quantitative estimate of drug-likeness (QED) is 0.701. The number of rotatable bonds is 2. The monoisotopic (exact) mass is 267 g/mol. The maximum Gasteiger partial charge on any atom is 0.326 e. The number of anilines is 1. The van der Waals surface area contributed by atoms with Crippen LogP contribution in [-0.2, 0) is 6.54 Å². The Morgan fingerprint density at radius 1 is 1.15 bits per heavy atom. The Morgan fingerprint density at radius 2 is 1.85 bits per heavy atom. The Labute approximate surface area is 116 Å². The molecule has 1 aromatic heterocycles. The summed E-state index contributed by atoms with van der Waals surface area (Å²) in [7, 11) is 0. The van der Waals surface area contributed by atoms with Crippen LogP contribution in [0.5, 0.6) is 0 Å². The number of H-pyrrole nitrogens is 1. The number of aromatic amines is 1. The molecule has 20 heavy (non-hydrogen) atoms. The van der Waals surface area contributed by atoms with Gasteiger partial charge in [0.15, 0.2) is 0 Å². The maximum atomic E-state index is 12.1. The zero-order valence-corrected chi connectivity index (χ0v) is 11.6. The third-order valence-electron chi connectivity index (χ3n) is 3.46. The van der Waals surface area contributed by atoms with Gasteiger partial charge in [-0.1, -0.05) is 35.4 Å². The summed E-state index contributed by atoms with van der Waals surface area (Å²) in [6, 6.07) is 11.9. The molecule has 0 saturated carbocycles. The van der Waals surface area contributed by atoms with E-state index in [0.29, 0.717) is 17.7 Å². The standard InChI is InChI=1S/C16H17N3O/c1-10-6-11(2)8-12(7-10)9-19-14-5-3-4-13(17)15(14)18-16(19)20/h3-8H,9,17H2,1-2H3,(H,18,20). The molecule has 2 aromatic carbocycles. The number of imidazole rings is 1. The van der Waals surface area contributed by atoms with Crippen molar-refractivity contribution in [3.63, 3.8) is 0 Å². The van der Waals surface area contributed by atoms with Gasteiger partial charge in [-0.2, -0.15) is 0 Å². The molecule has 0 aliphatic rings. The van der Waals surface area contributed by atoms with Crippen LogP contribution in [0.4, 0.5) is 5.69 Å².